The summed E-state index contributed by atoms with van der Waals surface area (Å²) in [4.78, 5) is 0. The molecule has 0 saturated carbocycles. The standard InChI is InChI=1S/C9H9Cl2N3/c1-6(12)14-13-5-7-8(10)3-2-4-9(7)11/h2-5H,1H3,(H2,12,14)/b13-5+. The quantitative estimate of drug-likeness (QED) is 0.474. The molecule has 0 aliphatic heterocycles. The monoisotopic (exact) mass is 229 g/mol. The van der Waals surface area contributed by atoms with Crippen LogP contribution in [0.25, 0.3) is 0 Å². The third kappa shape index (κ3) is 3.01. The third-order valence-electron chi connectivity index (χ3n) is 1.40. The first-order valence-electron chi connectivity index (χ1n) is 3.88. The van der Waals surface area contributed by atoms with Crippen LogP contribution >= 0.6 is 23.2 Å². The van der Waals surface area contributed by atoms with Gasteiger partial charge >= 0.3 is 0 Å². The molecule has 0 heterocycles. The Morgan fingerprint density at radius 3 is 2.43 bits per heavy atom. The first-order chi connectivity index (χ1) is 6.61. The van der Waals surface area contributed by atoms with E-state index in [1.807, 2.05) is 0 Å². The summed E-state index contributed by atoms with van der Waals surface area (Å²) in [6, 6.07) is 5.22. The van der Waals surface area contributed by atoms with E-state index in [4.69, 9.17) is 28.9 Å². The molecule has 0 aliphatic rings. The second-order valence-corrected chi connectivity index (χ2v) is 3.44. The Morgan fingerprint density at radius 2 is 1.93 bits per heavy atom. The summed E-state index contributed by atoms with van der Waals surface area (Å²) in [5.41, 5.74) is 5.94. The van der Waals surface area contributed by atoms with Gasteiger partial charge in [0.05, 0.1) is 16.3 Å². The van der Waals surface area contributed by atoms with Crippen LogP contribution in [-0.2, 0) is 0 Å². The number of hydrogen-bond acceptors (Lipinski definition) is 2. The molecule has 1 rings (SSSR count). The molecule has 0 unspecified atom stereocenters. The normalized spacial score (nSPS) is 12.4. The van der Waals surface area contributed by atoms with Crippen LogP contribution in [0.1, 0.15) is 12.5 Å². The van der Waals surface area contributed by atoms with Crippen LogP contribution in [0, 0.1) is 0 Å². The zero-order chi connectivity index (χ0) is 10.6. The Morgan fingerprint density at radius 1 is 1.36 bits per heavy atom. The lowest BCUT2D eigenvalue weighted by Gasteiger charge is -1.98. The lowest BCUT2D eigenvalue weighted by Crippen LogP contribution is -2.03. The van der Waals surface area contributed by atoms with E-state index in [-0.39, 0.29) is 0 Å². The maximum Gasteiger partial charge on any atom is 0.119 e. The highest BCUT2D eigenvalue weighted by atomic mass is 35.5. The van der Waals surface area contributed by atoms with Gasteiger partial charge in [0.2, 0.25) is 0 Å². The van der Waals surface area contributed by atoms with E-state index in [1.165, 1.54) is 6.21 Å². The van der Waals surface area contributed by atoms with Crippen LogP contribution in [0.2, 0.25) is 10.0 Å². The summed E-state index contributed by atoms with van der Waals surface area (Å²) in [6.45, 7) is 1.64. The third-order valence-corrected chi connectivity index (χ3v) is 2.06. The molecular weight excluding hydrogens is 221 g/mol. The summed E-state index contributed by atoms with van der Waals surface area (Å²) in [5, 5.41) is 8.45. The van der Waals surface area contributed by atoms with Crippen LogP contribution in [-0.4, -0.2) is 12.1 Å². The van der Waals surface area contributed by atoms with Crippen LogP contribution in [0.5, 0.6) is 0 Å². The van der Waals surface area contributed by atoms with Gasteiger partial charge in [-0.05, 0) is 19.1 Å². The zero-order valence-electron chi connectivity index (χ0n) is 7.54. The molecule has 0 saturated heterocycles. The molecule has 74 valence electrons. The second-order valence-electron chi connectivity index (χ2n) is 2.62. The fourth-order valence-corrected chi connectivity index (χ4v) is 1.31. The van der Waals surface area contributed by atoms with E-state index < -0.39 is 0 Å². The van der Waals surface area contributed by atoms with Crippen molar-refractivity contribution < 1.29 is 0 Å². The average molecular weight is 230 g/mol. The largest absolute Gasteiger partial charge is 0.386 e. The Bertz CT molecular complexity index is 361. The lowest BCUT2D eigenvalue weighted by atomic mass is 10.2. The molecule has 0 spiro atoms. The summed E-state index contributed by atoms with van der Waals surface area (Å²) in [5.74, 6) is 0.379. The molecule has 0 amide bonds. The molecular formula is C9H9Cl2N3. The molecule has 1 aromatic rings. The highest BCUT2D eigenvalue weighted by Crippen LogP contribution is 2.22. The smallest absolute Gasteiger partial charge is 0.119 e. The highest BCUT2D eigenvalue weighted by molar-refractivity contribution is 6.38. The van der Waals surface area contributed by atoms with E-state index in [0.29, 0.717) is 21.4 Å². The molecule has 0 bridgehead atoms. The minimum atomic E-state index is 0.379. The number of rotatable bonds is 2. The number of nitrogens with zero attached hydrogens (tertiary/aromatic N) is 2. The molecule has 1 aromatic carbocycles. The first kappa shape index (κ1) is 11.0. The Hall–Kier alpha value is -1.06. The average Bonchev–Trinajstić information content (AvgIpc) is 2.09. The van der Waals surface area contributed by atoms with Gasteiger partial charge in [0, 0.05) is 5.56 Å². The Labute approximate surface area is 92.2 Å². The van der Waals surface area contributed by atoms with E-state index in [1.54, 1.807) is 25.1 Å². The van der Waals surface area contributed by atoms with Crippen molar-refractivity contribution >= 4 is 35.3 Å². The summed E-state index contributed by atoms with van der Waals surface area (Å²) >= 11 is 11.8. The van der Waals surface area contributed by atoms with E-state index in [0.717, 1.165) is 0 Å². The maximum absolute atomic E-state index is 5.89. The Kier molecular flexibility index (Phi) is 3.92. The van der Waals surface area contributed by atoms with Gasteiger partial charge < -0.3 is 5.73 Å². The number of amidine groups is 1. The van der Waals surface area contributed by atoms with Crippen molar-refractivity contribution in [2.75, 3.05) is 0 Å². The summed E-state index contributed by atoms with van der Waals surface area (Å²) < 4.78 is 0. The SMILES string of the molecule is C/C(N)=N/N=C/c1c(Cl)cccc1Cl. The fourth-order valence-electron chi connectivity index (χ4n) is 0.812. The van der Waals surface area contributed by atoms with Crippen molar-refractivity contribution in [1.29, 1.82) is 0 Å². The van der Waals surface area contributed by atoms with E-state index >= 15 is 0 Å². The van der Waals surface area contributed by atoms with E-state index in [2.05, 4.69) is 10.2 Å². The van der Waals surface area contributed by atoms with Gasteiger partial charge in [0.25, 0.3) is 0 Å². The van der Waals surface area contributed by atoms with Crippen LogP contribution < -0.4 is 5.73 Å². The van der Waals surface area contributed by atoms with Crippen LogP contribution in [0.15, 0.2) is 28.4 Å². The van der Waals surface area contributed by atoms with Gasteiger partial charge in [0.1, 0.15) is 5.84 Å². The number of hydrogen-bond donors (Lipinski definition) is 1. The van der Waals surface area contributed by atoms with Crippen molar-refractivity contribution in [3.8, 4) is 0 Å². The number of nitrogens with two attached hydrogens (primary N) is 1. The molecule has 2 N–H and O–H groups in total. The van der Waals surface area contributed by atoms with E-state index in [9.17, 15) is 0 Å². The van der Waals surface area contributed by atoms with Gasteiger partial charge in [-0.1, -0.05) is 29.3 Å². The fraction of sp³-hybridized carbons (Fsp3) is 0.111. The van der Waals surface area contributed by atoms with Gasteiger partial charge in [-0.25, -0.2) is 0 Å². The molecule has 5 heteroatoms. The minimum Gasteiger partial charge on any atom is -0.386 e. The highest BCUT2D eigenvalue weighted by Gasteiger charge is 2.01. The van der Waals surface area contributed by atoms with Crippen molar-refractivity contribution in [1.82, 2.24) is 0 Å². The summed E-state index contributed by atoms with van der Waals surface area (Å²) in [7, 11) is 0. The molecule has 0 atom stereocenters. The van der Waals surface area contributed by atoms with Crippen LogP contribution in [0.4, 0.5) is 0 Å². The van der Waals surface area contributed by atoms with Gasteiger partial charge in [-0.2, -0.15) is 5.10 Å². The molecule has 0 radical (unpaired) electrons. The zero-order valence-corrected chi connectivity index (χ0v) is 9.05. The van der Waals surface area contributed by atoms with Crippen molar-refractivity contribution in [2.45, 2.75) is 6.92 Å². The second kappa shape index (κ2) is 4.98. The first-order valence-corrected chi connectivity index (χ1v) is 4.64. The number of halogens is 2. The molecule has 14 heavy (non-hydrogen) atoms. The maximum atomic E-state index is 5.89. The number of benzene rings is 1. The van der Waals surface area contributed by atoms with Gasteiger partial charge in [-0.15, -0.1) is 5.10 Å². The van der Waals surface area contributed by atoms with Gasteiger partial charge in [-0.3, -0.25) is 0 Å². The van der Waals surface area contributed by atoms with Crippen molar-refractivity contribution in [3.63, 3.8) is 0 Å². The lowest BCUT2D eigenvalue weighted by molar-refractivity contribution is 1.22. The molecule has 0 aliphatic carbocycles. The molecule has 3 nitrogen and oxygen atoms in total. The Balaban J connectivity index is 2.97. The van der Waals surface area contributed by atoms with Gasteiger partial charge in [0.15, 0.2) is 0 Å². The molecule has 0 fully saturated rings. The van der Waals surface area contributed by atoms with Crippen molar-refractivity contribution in [3.05, 3.63) is 33.8 Å². The predicted molar refractivity (Wildman–Crippen MR) is 61.4 cm³/mol. The summed E-state index contributed by atoms with van der Waals surface area (Å²) in [6.07, 6.45) is 1.47. The predicted octanol–water partition coefficient (Wildman–Crippen LogP) is 2.70. The van der Waals surface area contributed by atoms with Crippen molar-refractivity contribution in [2.24, 2.45) is 15.9 Å². The molecule has 0 aromatic heterocycles. The van der Waals surface area contributed by atoms with Crippen LogP contribution in [0.3, 0.4) is 0 Å². The minimum absolute atomic E-state index is 0.379. The topological polar surface area (TPSA) is 50.7 Å².